The summed E-state index contributed by atoms with van der Waals surface area (Å²) in [5, 5.41) is 19.3. The van der Waals surface area contributed by atoms with Crippen molar-refractivity contribution in [1.82, 2.24) is 36.3 Å². The van der Waals surface area contributed by atoms with Gasteiger partial charge in [0.15, 0.2) is 0 Å². The molecule has 0 saturated heterocycles. The lowest BCUT2D eigenvalue weighted by atomic mass is 9.97. The van der Waals surface area contributed by atoms with E-state index in [2.05, 4.69) is 31.6 Å². The van der Waals surface area contributed by atoms with Crippen molar-refractivity contribution in [2.45, 2.75) is 106 Å². The molecule has 1 heterocycles. The summed E-state index contributed by atoms with van der Waals surface area (Å²) in [6.07, 6.45) is 2.10. The highest BCUT2D eigenvalue weighted by atomic mass is 16.6. The minimum Gasteiger partial charge on any atom is -0.464 e. The van der Waals surface area contributed by atoms with Gasteiger partial charge in [-0.15, -0.1) is 5.10 Å². The summed E-state index contributed by atoms with van der Waals surface area (Å²) >= 11 is 0. The van der Waals surface area contributed by atoms with Crippen LogP contribution < -0.4 is 21.3 Å². The van der Waals surface area contributed by atoms with E-state index in [1.54, 1.807) is 80.3 Å². The molecule has 0 aliphatic rings. The lowest BCUT2D eigenvalue weighted by Gasteiger charge is -2.30. The molecule has 62 heavy (non-hydrogen) atoms. The fraction of sp³-hybridized carbons (Fsp3) is 0.833. The number of aromatic nitrogens is 3. The van der Waals surface area contributed by atoms with Gasteiger partial charge in [-0.25, -0.2) is 9.48 Å². The number of nitrogens with one attached hydrogen (secondary N) is 4. The summed E-state index contributed by atoms with van der Waals surface area (Å²) < 4.78 is 44.5. The topological polar surface area (TPSA) is 238 Å². The third-order valence-corrected chi connectivity index (χ3v) is 9.22. The molecule has 0 spiro atoms. The van der Waals surface area contributed by atoms with Gasteiger partial charge in [-0.3, -0.25) is 19.2 Å². The quantitative estimate of drug-likeness (QED) is 0.0541. The van der Waals surface area contributed by atoms with E-state index in [1.165, 1.54) is 0 Å². The summed E-state index contributed by atoms with van der Waals surface area (Å²) in [6, 6.07) is -3.82. The molecule has 0 aromatic carbocycles. The van der Waals surface area contributed by atoms with Crippen molar-refractivity contribution in [3.05, 3.63) is 11.9 Å². The van der Waals surface area contributed by atoms with Gasteiger partial charge in [0.25, 0.3) is 0 Å². The number of hydrogen-bond acceptors (Lipinski definition) is 15. The molecule has 4 N–H and O–H groups in total. The van der Waals surface area contributed by atoms with E-state index in [-0.39, 0.29) is 42.6 Å². The molecule has 358 valence electrons. The monoisotopic (exact) mass is 888 g/mol. The molecule has 0 bridgehead atoms. The highest BCUT2D eigenvalue weighted by Crippen LogP contribution is 2.12. The van der Waals surface area contributed by atoms with Gasteiger partial charge in [-0.2, -0.15) is 0 Å². The Labute approximate surface area is 368 Å². The molecular formula is C42H77N7O13. The van der Waals surface area contributed by atoms with Crippen LogP contribution in [0.3, 0.4) is 0 Å². The average molecular weight is 888 g/mol. The van der Waals surface area contributed by atoms with Crippen molar-refractivity contribution in [2.75, 3.05) is 99.6 Å². The molecule has 0 saturated carbocycles. The number of hydrogen-bond donors (Lipinski definition) is 4. The number of methoxy groups -OCH3 is 1. The van der Waals surface area contributed by atoms with Crippen LogP contribution in [0.5, 0.6) is 0 Å². The number of amides is 4. The van der Waals surface area contributed by atoms with Crippen LogP contribution in [0.2, 0.25) is 0 Å². The Morgan fingerprint density at radius 3 is 1.31 bits per heavy atom. The predicted octanol–water partition coefficient (Wildman–Crippen LogP) is 1.08. The Morgan fingerprint density at radius 1 is 0.548 bits per heavy atom. The molecular weight excluding hydrogens is 810 g/mol. The average Bonchev–Trinajstić information content (AvgIpc) is 3.68. The van der Waals surface area contributed by atoms with Crippen molar-refractivity contribution >= 4 is 29.6 Å². The summed E-state index contributed by atoms with van der Waals surface area (Å²) in [4.78, 5) is 65.9. The van der Waals surface area contributed by atoms with E-state index in [0.29, 0.717) is 105 Å². The van der Waals surface area contributed by atoms with Crippen LogP contribution in [0.15, 0.2) is 6.20 Å². The first kappa shape index (κ1) is 56.2. The van der Waals surface area contributed by atoms with Crippen molar-refractivity contribution in [3.8, 4) is 0 Å². The van der Waals surface area contributed by atoms with Crippen LogP contribution in [-0.4, -0.2) is 168 Å². The number of rotatable bonds is 37. The number of ether oxygens (including phenoxy) is 8. The first-order valence-electron chi connectivity index (χ1n) is 21.8. The molecule has 20 nitrogen and oxygen atoms in total. The Kier molecular flexibility index (Phi) is 30.6. The van der Waals surface area contributed by atoms with Crippen molar-refractivity contribution in [2.24, 2.45) is 23.7 Å². The lowest BCUT2D eigenvalue weighted by molar-refractivity contribution is -0.149. The number of nitrogens with zero attached hydrogens (tertiary/aromatic N) is 3. The van der Waals surface area contributed by atoms with E-state index in [1.807, 2.05) is 0 Å². The number of aryl methyl sites for hydroxylation is 1. The zero-order chi connectivity index (χ0) is 46.3. The fourth-order valence-electron chi connectivity index (χ4n) is 5.62. The van der Waals surface area contributed by atoms with Gasteiger partial charge in [0.2, 0.25) is 23.6 Å². The predicted molar refractivity (Wildman–Crippen MR) is 229 cm³/mol. The molecule has 4 atom stereocenters. The maximum atomic E-state index is 13.6. The zero-order valence-electron chi connectivity index (χ0n) is 38.9. The molecule has 0 radical (unpaired) electrons. The molecule has 1 aromatic rings. The van der Waals surface area contributed by atoms with Crippen LogP contribution >= 0.6 is 0 Å². The standard InChI is InChI=1S/C42H77N7O13/c1-11-62-42(54)38(32(8)9)46-41(53)37(31(6)7)45-40(52)36(30(4)5)44-39(51)35(29(2)3)43-34(50)13-12-33-28-49(48-47-33)14-15-56-18-19-58-22-23-60-26-27-61-25-24-59-21-20-57-17-16-55-10/h28-32,35-38H,11-27H2,1-10H3,(H,43,50)(H,44,51)(H,45,52)(H,46,53)/t35-,36-,37-,38-/m0/s1. The molecule has 0 unspecified atom stereocenters. The second-order valence-corrected chi connectivity index (χ2v) is 15.9. The molecule has 0 fully saturated rings. The van der Waals surface area contributed by atoms with Gasteiger partial charge in [-0.1, -0.05) is 60.6 Å². The molecule has 1 aromatic heterocycles. The first-order valence-corrected chi connectivity index (χ1v) is 21.8. The SMILES string of the molecule is CCOC(=O)[C@@H](NC(=O)[C@@H](NC(=O)[C@@H](NC(=O)[C@@H](NC(=O)CCc1cn(CCOCCOCCOCCOCCOCCOCCOC)nn1)C(C)C)C(C)C)C(C)C)C(C)C. The highest BCUT2D eigenvalue weighted by Gasteiger charge is 2.35. The van der Waals surface area contributed by atoms with Gasteiger partial charge in [0.1, 0.15) is 24.2 Å². The molecule has 4 amide bonds. The summed E-state index contributed by atoms with van der Waals surface area (Å²) in [6.45, 7) is 22.7. The molecule has 20 heteroatoms. The van der Waals surface area contributed by atoms with Crippen LogP contribution in [0.1, 0.15) is 74.4 Å². The number of carbonyl (C=O) groups excluding carboxylic acids is 5. The Bertz CT molecular complexity index is 1400. The highest BCUT2D eigenvalue weighted by molar-refractivity contribution is 5.95. The van der Waals surface area contributed by atoms with E-state index >= 15 is 0 Å². The van der Waals surface area contributed by atoms with Gasteiger partial charge in [0.05, 0.1) is 105 Å². The largest absolute Gasteiger partial charge is 0.464 e. The normalized spacial score (nSPS) is 13.6. The third kappa shape index (κ3) is 24.7. The van der Waals surface area contributed by atoms with E-state index in [4.69, 9.17) is 37.9 Å². The third-order valence-electron chi connectivity index (χ3n) is 9.22. The summed E-state index contributed by atoms with van der Waals surface area (Å²) in [5.41, 5.74) is 0.606. The van der Waals surface area contributed by atoms with Gasteiger partial charge in [-0.05, 0) is 30.6 Å². The van der Waals surface area contributed by atoms with E-state index in [0.717, 1.165) is 0 Å². The minimum atomic E-state index is -1.01. The smallest absolute Gasteiger partial charge is 0.328 e. The van der Waals surface area contributed by atoms with Crippen molar-refractivity contribution < 1.29 is 61.9 Å². The molecule has 0 aliphatic carbocycles. The van der Waals surface area contributed by atoms with Crippen molar-refractivity contribution in [1.29, 1.82) is 0 Å². The van der Waals surface area contributed by atoms with E-state index in [9.17, 15) is 24.0 Å². The fourth-order valence-corrected chi connectivity index (χ4v) is 5.62. The Morgan fingerprint density at radius 2 is 0.919 bits per heavy atom. The van der Waals surface area contributed by atoms with Gasteiger partial charge < -0.3 is 59.2 Å². The van der Waals surface area contributed by atoms with Crippen LogP contribution in [0.25, 0.3) is 0 Å². The van der Waals surface area contributed by atoms with Gasteiger partial charge in [0, 0.05) is 26.1 Å². The maximum Gasteiger partial charge on any atom is 0.328 e. The second kappa shape index (κ2) is 33.7. The Hall–Kier alpha value is -3.79. The Balaban J connectivity index is 2.42. The molecule has 1 rings (SSSR count). The number of carbonyl (C=O) groups is 5. The second-order valence-electron chi connectivity index (χ2n) is 15.9. The maximum absolute atomic E-state index is 13.6. The minimum absolute atomic E-state index is 0.0592. The van der Waals surface area contributed by atoms with E-state index < -0.39 is 47.9 Å². The van der Waals surface area contributed by atoms with Crippen molar-refractivity contribution in [3.63, 3.8) is 0 Å². The summed E-state index contributed by atoms with van der Waals surface area (Å²) in [5.74, 6) is -3.80. The van der Waals surface area contributed by atoms with Crippen LogP contribution in [0.4, 0.5) is 0 Å². The first-order chi connectivity index (χ1) is 29.6. The van der Waals surface area contributed by atoms with Crippen LogP contribution in [-0.2, 0) is 74.8 Å². The van der Waals surface area contributed by atoms with Gasteiger partial charge >= 0.3 is 5.97 Å². The lowest BCUT2D eigenvalue weighted by Crippen LogP contribution is -2.61. The number of esters is 1. The summed E-state index contributed by atoms with van der Waals surface area (Å²) in [7, 11) is 1.63. The molecule has 0 aliphatic heterocycles. The zero-order valence-corrected chi connectivity index (χ0v) is 38.9. The van der Waals surface area contributed by atoms with Crippen LogP contribution in [0, 0.1) is 23.7 Å².